The van der Waals surface area contributed by atoms with Gasteiger partial charge in [0, 0.05) is 19.0 Å². The Morgan fingerprint density at radius 3 is 2.93 bits per heavy atom. The number of para-hydroxylation sites is 1. The monoisotopic (exact) mass is 420 g/mol. The molecule has 1 fully saturated rings. The molecule has 3 aromatic rings. The van der Waals surface area contributed by atoms with Crippen molar-refractivity contribution in [3.63, 3.8) is 0 Å². The minimum Gasteiger partial charge on any atom is -0.337 e. The maximum Gasteiger partial charge on any atom is 0.277 e. The average molecular weight is 421 g/mol. The number of benzene rings is 1. The Labute approximate surface area is 172 Å². The van der Waals surface area contributed by atoms with E-state index in [9.17, 15) is 4.79 Å². The molecule has 1 unspecified atom stereocenters. The molecule has 1 aromatic carbocycles. The third kappa shape index (κ3) is 4.51. The zero-order valence-corrected chi connectivity index (χ0v) is 17.7. The number of hydrogen-bond donors (Lipinski definition) is 1. The summed E-state index contributed by atoms with van der Waals surface area (Å²) < 4.78 is 2.04. The second-order valence-corrected chi connectivity index (χ2v) is 10.1. The largest absolute Gasteiger partial charge is 0.337 e. The van der Waals surface area contributed by atoms with Crippen LogP contribution in [0.4, 0.5) is 0 Å². The first-order valence-electron chi connectivity index (χ1n) is 9.27. The van der Waals surface area contributed by atoms with Crippen molar-refractivity contribution in [1.82, 2.24) is 9.88 Å². The number of likely N-dealkylation sites (N-methyl/N-ethyl adjacent to an activating group) is 1. The quantitative estimate of drug-likeness (QED) is 0.686. The maximum absolute atomic E-state index is 12.8. The van der Waals surface area contributed by atoms with Crippen molar-refractivity contribution in [2.75, 3.05) is 26.7 Å². The predicted molar refractivity (Wildman–Crippen MR) is 113 cm³/mol. The lowest BCUT2D eigenvalue weighted by Crippen LogP contribution is -3.08. The molecule has 4 nitrogen and oxygen atoms in total. The Balaban J connectivity index is 1.37. The van der Waals surface area contributed by atoms with Crippen LogP contribution in [0.25, 0.3) is 10.2 Å². The van der Waals surface area contributed by atoms with Gasteiger partial charge in [-0.2, -0.15) is 0 Å². The number of fused-ring (bicyclic) bond motifs is 1. The van der Waals surface area contributed by atoms with Gasteiger partial charge in [0.25, 0.3) is 5.91 Å². The summed E-state index contributed by atoms with van der Waals surface area (Å²) in [6.07, 6.45) is 2.16. The zero-order valence-electron chi connectivity index (χ0n) is 15.3. The van der Waals surface area contributed by atoms with Gasteiger partial charge in [-0.3, -0.25) is 4.79 Å². The van der Waals surface area contributed by atoms with Crippen molar-refractivity contribution in [3.8, 4) is 0 Å². The lowest BCUT2D eigenvalue weighted by molar-refractivity contribution is -0.885. The fourth-order valence-corrected chi connectivity index (χ4v) is 5.94. The topological polar surface area (TPSA) is 37.6 Å². The molecule has 0 saturated carbocycles. The van der Waals surface area contributed by atoms with Gasteiger partial charge < -0.3 is 9.80 Å². The molecule has 0 spiro atoms. The molecule has 1 N–H and O–H groups in total. The molecule has 1 aliphatic rings. The van der Waals surface area contributed by atoms with Crippen LogP contribution < -0.4 is 4.90 Å². The number of nitrogens with one attached hydrogen (secondary N) is 1. The summed E-state index contributed by atoms with van der Waals surface area (Å²) in [5.74, 6) is 0.595. The first-order chi connectivity index (χ1) is 13.1. The van der Waals surface area contributed by atoms with Gasteiger partial charge in [-0.1, -0.05) is 23.7 Å². The number of amides is 1. The Kier molecular flexibility index (Phi) is 5.78. The summed E-state index contributed by atoms with van der Waals surface area (Å²) in [5.41, 5.74) is 1.07. The molecule has 2 aromatic heterocycles. The van der Waals surface area contributed by atoms with E-state index in [1.807, 2.05) is 23.1 Å². The van der Waals surface area contributed by atoms with Crippen molar-refractivity contribution in [1.29, 1.82) is 0 Å². The number of carbonyl (C=O) groups excluding carboxylic acids is 1. The summed E-state index contributed by atoms with van der Waals surface area (Å²) in [4.78, 5) is 22.1. The number of thiophene rings is 1. The van der Waals surface area contributed by atoms with E-state index in [-0.39, 0.29) is 5.91 Å². The van der Waals surface area contributed by atoms with E-state index < -0.39 is 0 Å². The van der Waals surface area contributed by atoms with Crippen LogP contribution >= 0.6 is 34.3 Å². The highest BCUT2D eigenvalue weighted by molar-refractivity contribution is 7.18. The van der Waals surface area contributed by atoms with Gasteiger partial charge in [-0.05, 0) is 37.1 Å². The first kappa shape index (κ1) is 18.9. The molecule has 0 bridgehead atoms. The SMILES string of the molecule is C[NH+](CC(=O)N1CCC[C@@H](c2nc3ccccc3s2)C1)Cc1ccc(Cl)s1. The Morgan fingerprint density at radius 1 is 1.30 bits per heavy atom. The number of rotatable bonds is 5. The van der Waals surface area contributed by atoms with Gasteiger partial charge in [0.2, 0.25) is 0 Å². The Hall–Kier alpha value is -1.47. The van der Waals surface area contributed by atoms with Crippen LogP contribution in [-0.2, 0) is 11.3 Å². The molecule has 1 aliphatic heterocycles. The first-order valence-corrected chi connectivity index (χ1v) is 11.3. The number of carbonyl (C=O) groups is 1. The minimum absolute atomic E-state index is 0.237. The number of hydrogen-bond acceptors (Lipinski definition) is 4. The highest BCUT2D eigenvalue weighted by Gasteiger charge is 2.28. The van der Waals surface area contributed by atoms with Crippen molar-refractivity contribution >= 4 is 50.4 Å². The highest BCUT2D eigenvalue weighted by Crippen LogP contribution is 2.32. The second-order valence-electron chi connectivity index (χ2n) is 7.22. The number of piperidine rings is 1. The normalized spacial score (nSPS) is 18.7. The van der Waals surface area contributed by atoms with Crippen LogP contribution in [0.2, 0.25) is 4.34 Å². The molecule has 27 heavy (non-hydrogen) atoms. The molecule has 1 amide bonds. The van der Waals surface area contributed by atoms with Crippen molar-refractivity contribution in [2.45, 2.75) is 25.3 Å². The van der Waals surface area contributed by atoms with E-state index in [2.05, 4.69) is 25.2 Å². The van der Waals surface area contributed by atoms with Crippen LogP contribution in [0.3, 0.4) is 0 Å². The zero-order chi connectivity index (χ0) is 18.8. The molecule has 142 valence electrons. The summed E-state index contributed by atoms with van der Waals surface area (Å²) in [5, 5.41) is 1.17. The molecule has 7 heteroatoms. The lowest BCUT2D eigenvalue weighted by atomic mass is 9.98. The molecule has 1 saturated heterocycles. The van der Waals surface area contributed by atoms with Gasteiger partial charge >= 0.3 is 0 Å². The number of halogens is 1. The summed E-state index contributed by atoms with van der Waals surface area (Å²) in [6, 6.07) is 12.2. The van der Waals surface area contributed by atoms with E-state index >= 15 is 0 Å². The summed E-state index contributed by atoms with van der Waals surface area (Å²) in [6.45, 7) is 3.00. The van der Waals surface area contributed by atoms with Gasteiger partial charge in [-0.15, -0.1) is 22.7 Å². The summed E-state index contributed by atoms with van der Waals surface area (Å²) in [7, 11) is 2.07. The highest BCUT2D eigenvalue weighted by atomic mass is 35.5. The number of quaternary nitrogens is 1. The van der Waals surface area contributed by atoms with Gasteiger partial charge in [0.1, 0.15) is 6.54 Å². The molecule has 0 aliphatic carbocycles. The Bertz CT molecular complexity index is 905. The molecule has 3 heterocycles. The van der Waals surface area contributed by atoms with Crippen LogP contribution in [-0.4, -0.2) is 42.5 Å². The number of aromatic nitrogens is 1. The molecule has 2 atom stereocenters. The van der Waals surface area contributed by atoms with Crippen LogP contribution in [0.5, 0.6) is 0 Å². The molecular formula is C20H23ClN3OS2+. The standard InChI is InChI=1S/C20H22ClN3OS2/c1-23(12-15-8-9-18(21)26-15)13-19(25)24-10-4-5-14(11-24)20-22-16-6-2-3-7-17(16)27-20/h2-3,6-9,14H,4-5,10-13H2,1H3/p+1/t14-/m1/s1. The number of likely N-dealkylation sites (tertiary alicyclic amines) is 1. The maximum atomic E-state index is 12.8. The smallest absolute Gasteiger partial charge is 0.277 e. The molecule has 4 rings (SSSR count). The van der Waals surface area contributed by atoms with Crippen molar-refractivity contribution in [3.05, 3.63) is 50.6 Å². The van der Waals surface area contributed by atoms with E-state index in [4.69, 9.17) is 16.6 Å². The van der Waals surface area contributed by atoms with Gasteiger partial charge in [0.15, 0.2) is 6.54 Å². The lowest BCUT2D eigenvalue weighted by Gasteiger charge is -2.32. The predicted octanol–water partition coefficient (Wildman–Crippen LogP) is 3.43. The van der Waals surface area contributed by atoms with Crippen molar-refractivity contribution < 1.29 is 9.69 Å². The number of nitrogens with zero attached hydrogens (tertiary/aromatic N) is 2. The van der Waals surface area contributed by atoms with Gasteiger partial charge in [0.05, 0.1) is 31.5 Å². The van der Waals surface area contributed by atoms with Crippen molar-refractivity contribution in [2.24, 2.45) is 0 Å². The van der Waals surface area contributed by atoms with E-state index in [0.717, 1.165) is 42.3 Å². The molecular weight excluding hydrogens is 398 g/mol. The molecule has 0 radical (unpaired) electrons. The fourth-order valence-electron chi connectivity index (χ4n) is 3.65. The summed E-state index contributed by atoms with van der Waals surface area (Å²) >= 11 is 9.37. The number of thiazole rings is 1. The van der Waals surface area contributed by atoms with Crippen LogP contribution in [0, 0.1) is 0 Å². The minimum atomic E-state index is 0.237. The third-order valence-electron chi connectivity index (χ3n) is 4.99. The third-order valence-corrected chi connectivity index (χ3v) is 7.42. The Morgan fingerprint density at radius 2 is 2.15 bits per heavy atom. The van der Waals surface area contributed by atoms with E-state index in [0.29, 0.717) is 12.5 Å². The van der Waals surface area contributed by atoms with E-state index in [1.165, 1.54) is 19.5 Å². The fraction of sp³-hybridized carbons (Fsp3) is 0.400. The average Bonchev–Trinajstić information content (AvgIpc) is 3.27. The second kappa shape index (κ2) is 8.27. The van der Waals surface area contributed by atoms with Crippen LogP contribution in [0.1, 0.15) is 28.6 Å². The van der Waals surface area contributed by atoms with E-state index in [1.54, 1.807) is 22.7 Å². The van der Waals surface area contributed by atoms with Gasteiger partial charge in [-0.25, -0.2) is 4.98 Å². The van der Waals surface area contributed by atoms with Crippen LogP contribution in [0.15, 0.2) is 36.4 Å².